The van der Waals surface area contributed by atoms with Crippen LogP contribution in [0.3, 0.4) is 0 Å². The molecule has 0 fully saturated rings. The van der Waals surface area contributed by atoms with E-state index in [0.29, 0.717) is 12.1 Å². The van der Waals surface area contributed by atoms with Crippen LogP contribution in [0.1, 0.15) is 18.9 Å². The number of hydrogen-bond donors (Lipinski definition) is 1. The third kappa shape index (κ3) is 5.66. The molecule has 0 aliphatic heterocycles. The summed E-state index contributed by atoms with van der Waals surface area (Å²) in [5.74, 6) is 0. The van der Waals surface area contributed by atoms with E-state index in [1.54, 1.807) is 6.20 Å². The van der Waals surface area contributed by atoms with Crippen LogP contribution in [0, 0.1) is 0 Å². The van der Waals surface area contributed by atoms with Crippen molar-refractivity contribution in [2.45, 2.75) is 39.2 Å². The quantitative estimate of drug-likeness (QED) is 0.888. The van der Waals surface area contributed by atoms with Crippen molar-refractivity contribution in [3.63, 3.8) is 0 Å². The van der Waals surface area contributed by atoms with Gasteiger partial charge in [-0.3, -0.25) is 9.36 Å². The van der Waals surface area contributed by atoms with Gasteiger partial charge in [0.05, 0.1) is 18.1 Å². The fourth-order valence-electron chi connectivity index (χ4n) is 1.78. The first-order valence-corrected chi connectivity index (χ1v) is 6.30. The molecular formula is C12H17ClF3N5. The maximum absolute atomic E-state index is 12.2. The zero-order valence-electron chi connectivity index (χ0n) is 11.5. The Morgan fingerprint density at radius 1 is 1.14 bits per heavy atom. The third-order valence-electron chi connectivity index (χ3n) is 2.61. The molecule has 118 valence electrons. The summed E-state index contributed by atoms with van der Waals surface area (Å²) in [6.07, 6.45) is 3.11. The number of alkyl halides is 3. The molecule has 0 aliphatic rings. The summed E-state index contributed by atoms with van der Waals surface area (Å²) in [6.45, 7) is 2.24. The zero-order valence-corrected chi connectivity index (χ0v) is 12.3. The van der Waals surface area contributed by atoms with Gasteiger partial charge in [-0.05, 0) is 6.42 Å². The Morgan fingerprint density at radius 3 is 2.52 bits per heavy atom. The van der Waals surface area contributed by atoms with Crippen molar-refractivity contribution in [1.82, 2.24) is 19.6 Å². The standard InChI is InChI=1S/C12H16F3N5.ClH/c1-2-3-19-8-11(6-18-19)16-4-10-5-17-20(7-10)9-12(13,14)15;/h5-8,16H,2-4,9H2,1H3;1H. The lowest BCUT2D eigenvalue weighted by Crippen LogP contribution is -2.17. The van der Waals surface area contributed by atoms with Gasteiger partial charge >= 0.3 is 6.18 Å². The lowest BCUT2D eigenvalue weighted by molar-refractivity contribution is -0.142. The average molecular weight is 324 g/mol. The molecule has 0 spiro atoms. The van der Waals surface area contributed by atoms with Crippen LogP contribution in [-0.4, -0.2) is 25.7 Å². The first-order valence-electron chi connectivity index (χ1n) is 6.30. The smallest absolute Gasteiger partial charge is 0.378 e. The van der Waals surface area contributed by atoms with Crippen LogP contribution < -0.4 is 5.32 Å². The van der Waals surface area contributed by atoms with Gasteiger partial charge < -0.3 is 5.32 Å². The Labute approximate surface area is 126 Å². The fraction of sp³-hybridized carbons (Fsp3) is 0.500. The third-order valence-corrected chi connectivity index (χ3v) is 2.61. The van der Waals surface area contributed by atoms with Gasteiger partial charge in [0.15, 0.2) is 0 Å². The summed E-state index contributed by atoms with van der Waals surface area (Å²) in [4.78, 5) is 0. The van der Waals surface area contributed by atoms with Crippen molar-refractivity contribution < 1.29 is 13.2 Å². The van der Waals surface area contributed by atoms with Crippen LogP contribution in [-0.2, 0) is 19.6 Å². The highest BCUT2D eigenvalue weighted by Crippen LogP contribution is 2.17. The monoisotopic (exact) mass is 323 g/mol. The summed E-state index contributed by atoms with van der Waals surface area (Å²) in [6, 6.07) is 0. The molecule has 5 nitrogen and oxygen atoms in total. The predicted octanol–water partition coefficient (Wildman–Crippen LogP) is 3.09. The number of aryl methyl sites for hydroxylation is 1. The topological polar surface area (TPSA) is 47.7 Å². The average Bonchev–Trinajstić information content (AvgIpc) is 2.94. The van der Waals surface area contributed by atoms with E-state index < -0.39 is 12.7 Å². The molecule has 0 aromatic carbocycles. The van der Waals surface area contributed by atoms with Crippen molar-refractivity contribution in [3.8, 4) is 0 Å². The highest BCUT2D eigenvalue weighted by atomic mass is 35.5. The number of nitrogens with zero attached hydrogens (tertiary/aromatic N) is 4. The molecule has 0 saturated heterocycles. The first kappa shape index (κ1) is 17.4. The molecule has 21 heavy (non-hydrogen) atoms. The van der Waals surface area contributed by atoms with Crippen LogP contribution in [0.4, 0.5) is 18.9 Å². The molecule has 2 aromatic heterocycles. The molecule has 2 heterocycles. The Balaban J connectivity index is 0.00000220. The van der Waals surface area contributed by atoms with Crippen LogP contribution in [0.15, 0.2) is 24.8 Å². The van der Waals surface area contributed by atoms with E-state index in [0.717, 1.165) is 23.3 Å². The lowest BCUT2D eigenvalue weighted by Gasteiger charge is -2.05. The Morgan fingerprint density at radius 2 is 1.86 bits per heavy atom. The lowest BCUT2D eigenvalue weighted by atomic mass is 10.3. The Kier molecular flexibility index (Phi) is 6.07. The second-order valence-electron chi connectivity index (χ2n) is 4.51. The van der Waals surface area contributed by atoms with E-state index in [1.807, 2.05) is 10.9 Å². The molecule has 0 amide bonds. The number of hydrogen-bond acceptors (Lipinski definition) is 3. The summed E-state index contributed by atoms with van der Waals surface area (Å²) < 4.78 is 39.3. The highest BCUT2D eigenvalue weighted by molar-refractivity contribution is 5.85. The second kappa shape index (κ2) is 7.35. The number of aromatic nitrogens is 4. The van der Waals surface area contributed by atoms with E-state index in [2.05, 4.69) is 22.4 Å². The SMILES string of the molecule is CCCn1cc(NCc2cnn(CC(F)(F)F)c2)cn1.Cl. The van der Waals surface area contributed by atoms with Gasteiger partial charge in [0.25, 0.3) is 0 Å². The Hall–Kier alpha value is -1.70. The largest absolute Gasteiger partial charge is 0.408 e. The second-order valence-corrected chi connectivity index (χ2v) is 4.51. The summed E-state index contributed by atoms with van der Waals surface area (Å²) in [7, 11) is 0. The van der Waals surface area contributed by atoms with Crippen molar-refractivity contribution in [2.24, 2.45) is 0 Å². The number of rotatable bonds is 6. The number of halogens is 4. The summed E-state index contributed by atoms with van der Waals surface area (Å²) >= 11 is 0. The molecule has 0 aliphatic carbocycles. The van der Waals surface area contributed by atoms with E-state index in [9.17, 15) is 13.2 Å². The van der Waals surface area contributed by atoms with Gasteiger partial charge in [0.1, 0.15) is 6.54 Å². The molecule has 2 aromatic rings. The van der Waals surface area contributed by atoms with Crippen molar-refractivity contribution >= 4 is 18.1 Å². The zero-order chi connectivity index (χ0) is 14.6. The van der Waals surface area contributed by atoms with E-state index in [4.69, 9.17) is 0 Å². The Bertz CT molecular complexity index is 549. The number of anilines is 1. The van der Waals surface area contributed by atoms with Gasteiger partial charge in [0, 0.05) is 31.0 Å². The van der Waals surface area contributed by atoms with E-state index in [-0.39, 0.29) is 12.4 Å². The van der Waals surface area contributed by atoms with Crippen LogP contribution in [0.5, 0.6) is 0 Å². The maximum atomic E-state index is 12.2. The van der Waals surface area contributed by atoms with Crippen LogP contribution in [0.25, 0.3) is 0 Å². The number of nitrogens with one attached hydrogen (secondary N) is 1. The molecule has 0 unspecified atom stereocenters. The van der Waals surface area contributed by atoms with Crippen molar-refractivity contribution in [3.05, 3.63) is 30.4 Å². The van der Waals surface area contributed by atoms with Gasteiger partial charge in [-0.1, -0.05) is 6.92 Å². The van der Waals surface area contributed by atoms with Gasteiger partial charge in [-0.15, -0.1) is 12.4 Å². The highest BCUT2D eigenvalue weighted by Gasteiger charge is 2.28. The minimum Gasteiger partial charge on any atom is -0.378 e. The maximum Gasteiger partial charge on any atom is 0.408 e. The van der Waals surface area contributed by atoms with Crippen molar-refractivity contribution in [1.29, 1.82) is 0 Å². The normalized spacial score (nSPS) is 11.2. The fourth-order valence-corrected chi connectivity index (χ4v) is 1.78. The first-order chi connectivity index (χ1) is 9.46. The molecule has 9 heteroatoms. The predicted molar refractivity (Wildman–Crippen MR) is 75.4 cm³/mol. The minimum atomic E-state index is -4.25. The molecule has 0 atom stereocenters. The summed E-state index contributed by atoms with van der Waals surface area (Å²) in [5.41, 5.74) is 1.53. The van der Waals surface area contributed by atoms with Crippen molar-refractivity contribution in [2.75, 3.05) is 5.32 Å². The molecule has 2 rings (SSSR count). The van der Waals surface area contributed by atoms with E-state index >= 15 is 0 Å². The molecule has 0 radical (unpaired) electrons. The summed E-state index contributed by atoms with van der Waals surface area (Å²) in [5, 5.41) is 10.9. The molecule has 0 bridgehead atoms. The van der Waals surface area contributed by atoms with Crippen LogP contribution >= 0.6 is 12.4 Å². The van der Waals surface area contributed by atoms with Gasteiger partial charge in [-0.25, -0.2) is 0 Å². The van der Waals surface area contributed by atoms with Gasteiger partial charge in [0.2, 0.25) is 0 Å². The molecule has 1 N–H and O–H groups in total. The minimum absolute atomic E-state index is 0. The van der Waals surface area contributed by atoms with Gasteiger partial charge in [-0.2, -0.15) is 23.4 Å². The molecule has 0 saturated carbocycles. The molecular weight excluding hydrogens is 307 g/mol. The van der Waals surface area contributed by atoms with E-state index in [1.165, 1.54) is 12.4 Å². The van der Waals surface area contributed by atoms with Crippen LogP contribution in [0.2, 0.25) is 0 Å².